The van der Waals surface area contributed by atoms with E-state index >= 15 is 0 Å². The maximum absolute atomic E-state index is 11.9. The first-order chi connectivity index (χ1) is 11.2. The van der Waals surface area contributed by atoms with E-state index in [4.69, 9.17) is 9.47 Å². The standard InChI is InChI=1S/C16H20O7/c1-2-19-14-11-7-6-10-13(14)15(17)21-23-22-16(18)20-12-8-4-3-5-9-12/h6-7,10-12H,2-5,8-9H2,1H3. The molecule has 23 heavy (non-hydrogen) atoms. The Morgan fingerprint density at radius 3 is 2.57 bits per heavy atom. The maximum Gasteiger partial charge on any atom is 0.543 e. The van der Waals surface area contributed by atoms with E-state index < -0.39 is 12.1 Å². The normalized spacial score (nSPS) is 14.8. The minimum Gasteiger partial charge on any atom is -0.493 e. The van der Waals surface area contributed by atoms with Crippen LogP contribution in [0.2, 0.25) is 0 Å². The zero-order valence-corrected chi connectivity index (χ0v) is 13.0. The summed E-state index contributed by atoms with van der Waals surface area (Å²) in [7, 11) is 0. The molecule has 1 aliphatic rings. The molecule has 2 rings (SSSR count). The van der Waals surface area contributed by atoms with Crippen LogP contribution >= 0.6 is 0 Å². The minimum atomic E-state index is -1.03. The van der Waals surface area contributed by atoms with Crippen molar-refractivity contribution in [2.45, 2.75) is 45.1 Å². The highest BCUT2D eigenvalue weighted by atomic mass is 17.5. The van der Waals surface area contributed by atoms with Crippen molar-refractivity contribution in [1.29, 1.82) is 0 Å². The van der Waals surface area contributed by atoms with Gasteiger partial charge >= 0.3 is 12.1 Å². The van der Waals surface area contributed by atoms with Crippen molar-refractivity contribution < 1.29 is 33.9 Å². The summed E-state index contributed by atoms with van der Waals surface area (Å²) in [5.74, 6) is -0.479. The van der Waals surface area contributed by atoms with Crippen LogP contribution in [0.5, 0.6) is 5.75 Å². The number of hydrogen-bond donors (Lipinski definition) is 0. The van der Waals surface area contributed by atoms with Crippen LogP contribution in [0.1, 0.15) is 49.4 Å². The quantitative estimate of drug-likeness (QED) is 0.449. The molecule has 7 heteroatoms. The summed E-state index contributed by atoms with van der Waals surface area (Å²) in [6, 6.07) is 6.51. The summed E-state index contributed by atoms with van der Waals surface area (Å²) in [6.07, 6.45) is 3.58. The van der Waals surface area contributed by atoms with Crippen molar-refractivity contribution in [3.05, 3.63) is 29.8 Å². The topological polar surface area (TPSA) is 80.3 Å². The minimum absolute atomic E-state index is 0.165. The van der Waals surface area contributed by atoms with Gasteiger partial charge in [-0.25, -0.2) is 14.5 Å². The molecule has 0 amide bonds. The highest BCUT2D eigenvalue weighted by Gasteiger charge is 2.20. The highest BCUT2D eigenvalue weighted by Crippen LogP contribution is 2.21. The zero-order valence-electron chi connectivity index (χ0n) is 13.0. The lowest BCUT2D eigenvalue weighted by molar-refractivity contribution is -0.453. The van der Waals surface area contributed by atoms with Crippen molar-refractivity contribution in [2.24, 2.45) is 0 Å². The second-order valence-corrected chi connectivity index (χ2v) is 5.08. The van der Waals surface area contributed by atoms with E-state index in [0.717, 1.165) is 32.1 Å². The first-order valence-corrected chi connectivity index (χ1v) is 7.68. The van der Waals surface area contributed by atoms with Gasteiger partial charge in [-0.2, -0.15) is 0 Å². The fourth-order valence-electron chi connectivity index (χ4n) is 2.38. The van der Waals surface area contributed by atoms with Gasteiger partial charge in [0.2, 0.25) is 0 Å². The first-order valence-electron chi connectivity index (χ1n) is 7.68. The van der Waals surface area contributed by atoms with Gasteiger partial charge < -0.3 is 9.47 Å². The lowest BCUT2D eigenvalue weighted by atomic mass is 9.98. The van der Waals surface area contributed by atoms with Crippen LogP contribution in [0.15, 0.2) is 24.3 Å². The highest BCUT2D eigenvalue weighted by molar-refractivity contribution is 5.92. The van der Waals surface area contributed by atoms with Gasteiger partial charge in [-0.05, 0) is 44.7 Å². The Bertz CT molecular complexity index is 523. The van der Waals surface area contributed by atoms with Crippen LogP contribution in [0.4, 0.5) is 4.79 Å². The molecule has 0 aromatic heterocycles. The molecule has 1 aliphatic carbocycles. The van der Waals surface area contributed by atoms with Crippen molar-refractivity contribution >= 4 is 12.1 Å². The summed E-state index contributed by atoms with van der Waals surface area (Å²) in [5.41, 5.74) is 0.165. The Morgan fingerprint density at radius 1 is 1.09 bits per heavy atom. The second-order valence-electron chi connectivity index (χ2n) is 5.08. The van der Waals surface area contributed by atoms with E-state index in [0.29, 0.717) is 12.4 Å². The molecule has 0 unspecified atom stereocenters. The number of para-hydroxylation sites is 1. The number of rotatable bonds is 6. The molecule has 1 aromatic rings. The number of carbonyl (C=O) groups excluding carboxylic acids is 2. The molecule has 0 heterocycles. The Balaban J connectivity index is 1.75. The van der Waals surface area contributed by atoms with Crippen LogP contribution in [-0.2, 0) is 19.6 Å². The predicted octanol–water partition coefficient (Wildman–Crippen LogP) is 3.57. The lowest BCUT2D eigenvalue weighted by Gasteiger charge is -2.20. The maximum atomic E-state index is 11.9. The largest absolute Gasteiger partial charge is 0.543 e. The molecule has 0 N–H and O–H groups in total. The van der Waals surface area contributed by atoms with Crippen molar-refractivity contribution in [3.8, 4) is 5.75 Å². The van der Waals surface area contributed by atoms with E-state index in [1.165, 1.54) is 6.07 Å². The van der Waals surface area contributed by atoms with Crippen molar-refractivity contribution in [1.82, 2.24) is 0 Å². The Hall–Kier alpha value is -2.28. The summed E-state index contributed by atoms with van der Waals surface area (Å²) >= 11 is 0. The van der Waals surface area contributed by atoms with Gasteiger partial charge in [0.15, 0.2) is 0 Å². The summed E-state index contributed by atoms with van der Waals surface area (Å²) < 4.78 is 10.3. The number of hydrogen-bond acceptors (Lipinski definition) is 7. The molecule has 1 saturated carbocycles. The van der Waals surface area contributed by atoms with E-state index in [2.05, 4.69) is 14.8 Å². The Kier molecular flexibility index (Phi) is 6.68. The third kappa shape index (κ3) is 5.45. The fourth-order valence-corrected chi connectivity index (χ4v) is 2.38. The van der Waals surface area contributed by atoms with Crippen molar-refractivity contribution in [2.75, 3.05) is 6.61 Å². The number of ether oxygens (including phenoxy) is 2. The summed E-state index contributed by atoms with van der Waals surface area (Å²) in [6.45, 7) is 2.19. The predicted molar refractivity (Wildman–Crippen MR) is 78.6 cm³/mol. The molecule has 0 atom stereocenters. The van der Waals surface area contributed by atoms with E-state index in [1.54, 1.807) is 25.1 Å². The van der Waals surface area contributed by atoms with Crippen LogP contribution in [0.25, 0.3) is 0 Å². The van der Waals surface area contributed by atoms with Crippen LogP contribution in [0.3, 0.4) is 0 Å². The monoisotopic (exact) mass is 324 g/mol. The van der Waals surface area contributed by atoms with E-state index in [1.807, 2.05) is 0 Å². The smallest absolute Gasteiger partial charge is 0.493 e. The van der Waals surface area contributed by atoms with Gasteiger partial charge in [-0.3, -0.25) is 4.89 Å². The van der Waals surface area contributed by atoms with Crippen molar-refractivity contribution in [3.63, 3.8) is 0 Å². The van der Waals surface area contributed by atoms with Gasteiger partial charge in [-0.1, -0.05) is 18.6 Å². The zero-order chi connectivity index (χ0) is 16.5. The molecule has 0 spiro atoms. The van der Waals surface area contributed by atoms with Crippen LogP contribution < -0.4 is 4.74 Å². The SMILES string of the molecule is CCOc1ccccc1C(=O)OOOC(=O)OC1CCCCC1. The molecule has 0 bridgehead atoms. The third-order valence-electron chi connectivity index (χ3n) is 3.43. The van der Waals surface area contributed by atoms with E-state index in [-0.39, 0.29) is 11.7 Å². The summed E-state index contributed by atoms with van der Waals surface area (Å²) in [4.78, 5) is 32.0. The lowest BCUT2D eigenvalue weighted by Crippen LogP contribution is -2.22. The van der Waals surface area contributed by atoms with Crippen LogP contribution in [0, 0.1) is 0 Å². The number of benzene rings is 1. The molecular formula is C16H20O7. The molecular weight excluding hydrogens is 304 g/mol. The summed E-state index contributed by atoms with van der Waals surface area (Å²) in [5, 5.41) is 4.21. The Morgan fingerprint density at radius 2 is 1.83 bits per heavy atom. The molecule has 0 aliphatic heterocycles. The first kappa shape index (κ1) is 17.1. The fraction of sp³-hybridized carbons (Fsp3) is 0.500. The van der Waals surface area contributed by atoms with Gasteiger partial charge in [0.05, 0.1) is 11.6 Å². The molecule has 1 fully saturated rings. The molecule has 0 saturated heterocycles. The van der Waals surface area contributed by atoms with E-state index in [9.17, 15) is 9.59 Å². The van der Waals surface area contributed by atoms with Crippen LogP contribution in [-0.4, -0.2) is 24.8 Å². The second kappa shape index (κ2) is 8.99. The number of carbonyl (C=O) groups is 2. The van der Waals surface area contributed by atoms with Gasteiger partial charge in [-0.15, -0.1) is 0 Å². The third-order valence-corrected chi connectivity index (χ3v) is 3.43. The molecule has 0 radical (unpaired) electrons. The molecule has 7 nitrogen and oxygen atoms in total. The van der Waals surface area contributed by atoms with Gasteiger partial charge in [0.1, 0.15) is 17.4 Å². The average Bonchev–Trinajstić information content (AvgIpc) is 2.56. The molecule has 126 valence electrons. The molecule has 1 aromatic carbocycles. The van der Waals surface area contributed by atoms with Gasteiger partial charge in [0.25, 0.3) is 0 Å². The van der Waals surface area contributed by atoms with Gasteiger partial charge in [0, 0.05) is 0 Å². The Labute approximate surface area is 134 Å². The average molecular weight is 324 g/mol.